The quantitative estimate of drug-likeness (QED) is 0.498. The maximum atomic E-state index is 13.0. The highest BCUT2D eigenvalue weighted by Crippen LogP contribution is 2.28. The molecule has 1 unspecified atom stereocenters. The summed E-state index contributed by atoms with van der Waals surface area (Å²) in [7, 11) is 1.44. The standard InChI is InChI=1S/C15H19F3N4O6/c1-9(15(16,17)18)21-7-20-22-5-3-10(23)12(11(22)13(21)24)27-8-28-14(25)19-4-6-26-2/h3,5,9,20H,4,6-8H2,1-2H3,(H,19,25). The number of rotatable bonds is 7. The Morgan fingerprint density at radius 3 is 2.75 bits per heavy atom. The van der Waals surface area contributed by atoms with E-state index in [1.807, 2.05) is 0 Å². The number of carbonyl (C=O) groups is 2. The summed E-state index contributed by atoms with van der Waals surface area (Å²) in [5.74, 6) is -1.59. The summed E-state index contributed by atoms with van der Waals surface area (Å²) < 4.78 is 54.6. The molecule has 2 N–H and O–H groups in total. The fraction of sp³-hybridized carbons (Fsp3) is 0.533. The first-order valence-corrected chi connectivity index (χ1v) is 8.06. The molecule has 0 fully saturated rings. The molecule has 1 atom stereocenters. The van der Waals surface area contributed by atoms with Crippen LogP contribution in [-0.2, 0) is 9.47 Å². The van der Waals surface area contributed by atoms with Crippen LogP contribution in [-0.4, -0.2) is 67.5 Å². The van der Waals surface area contributed by atoms with Crippen LogP contribution in [0.5, 0.6) is 5.75 Å². The van der Waals surface area contributed by atoms with Crippen molar-refractivity contribution in [3.63, 3.8) is 0 Å². The van der Waals surface area contributed by atoms with E-state index in [1.165, 1.54) is 13.3 Å². The lowest BCUT2D eigenvalue weighted by Gasteiger charge is -2.36. The number of pyridine rings is 1. The monoisotopic (exact) mass is 408 g/mol. The number of halogens is 3. The molecule has 13 heteroatoms. The van der Waals surface area contributed by atoms with Gasteiger partial charge in [0.05, 0.1) is 6.61 Å². The molecule has 0 aromatic carbocycles. The van der Waals surface area contributed by atoms with Gasteiger partial charge in [0.25, 0.3) is 5.91 Å². The molecule has 0 saturated carbocycles. The van der Waals surface area contributed by atoms with Crippen LogP contribution < -0.4 is 20.9 Å². The predicted molar refractivity (Wildman–Crippen MR) is 88.5 cm³/mol. The molecule has 1 aliphatic heterocycles. The van der Waals surface area contributed by atoms with E-state index in [9.17, 15) is 27.6 Å². The number of methoxy groups -OCH3 is 1. The van der Waals surface area contributed by atoms with Gasteiger partial charge in [-0.3, -0.25) is 14.3 Å². The third-order valence-electron chi connectivity index (χ3n) is 3.84. The molecule has 1 aliphatic rings. The highest BCUT2D eigenvalue weighted by Gasteiger charge is 2.44. The van der Waals surface area contributed by atoms with Crippen molar-refractivity contribution in [3.8, 4) is 5.75 Å². The van der Waals surface area contributed by atoms with E-state index < -0.39 is 54.6 Å². The van der Waals surface area contributed by atoms with E-state index in [0.29, 0.717) is 4.90 Å². The average Bonchev–Trinajstić information content (AvgIpc) is 2.63. The zero-order valence-electron chi connectivity index (χ0n) is 15.0. The van der Waals surface area contributed by atoms with E-state index in [4.69, 9.17) is 14.2 Å². The first-order chi connectivity index (χ1) is 13.2. The maximum absolute atomic E-state index is 13.0. The van der Waals surface area contributed by atoms with Gasteiger partial charge in [0.2, 0.25) is 18.0 Å². The molecule has 1 aromatic heterocycles. The lowest BCUT2D eigenvalue weighted by Crippen LogP contribution is -2.54. The van der Waals surface area contributed by atoms with E-state index in [-0.39, 0.29) is 13.2 Å². The second-order valence-corrected chi connectivity index (χ2v) is 5.65. The molecule has 0 aliphatic carbocycles. The molecular formula is C15H19F3N4O6. The summed E-state index contributed by atoms with van der Waals surface area (Å²) in [6.07, 6.45) is -4.33. The van der Waals surface area contributed by atoms with Gasteiger partial charge in [-0.25, -0.2) is 4.79 Å². The molecule has 1 aromatic rings. The van der Waals surface area contributed by atoms with Crippen LogP contribution in [0.3, 0.4) is 0 Å². The number of alkyl carbamates (subject to hydrolysis) is 1. The fourth-order valence-electron chi connectivity index (χ4n) is 2.29. The number of amides is 2. The van der Waals surface area contributed by atoms with Crippen LogP contribution in [0.2, 0.25) is 0 Å². The molecule has 28 heavy (non-hydrogen) atoms. The lowest BCUT2D eigenvalue weighted by atomic mass is 10.2. The van der Waals surface area contributed by atoms with Gasteiger partial charge in [0.1, 0.15) is 12.7 Å². The molecule has 2 rings (SSSR count). The van der Waals surface area contributed by atoms with Gasteiger partial charge >= 0.3 is 12.3 Å². The number of fused-ring (bicyclic) bond motifs is 1. The van der Waals surface area contributed by atoms with E-state index in [2.05, 4.69) is 10.7 Å². The second kappa shape index (κ2) is 8.82. The minimum absolute atomic E-state index is 0.172. The van der Waals surface area contributed by atoms with Crippen molar-refractivity contribution in [2.45, 2.75) is 19.1 Å². The molecule has 0 radical (unpaired) electrons. The average molecular weight is 408 g/mol. The van der Waals surface area contributed by atoms with Gasteiger partial charge in [-0.1, -0.05) is 0 Å². The van der Waals surface area contributed by atoms with E-state index in [1.54, 1.807) is 0 Å². The third-order valence-corrected chi connectivity index (χ3v) is 3.84. The minimum Gasteiger partial charge on any atom is -0.451 e. The summed E-state index contributed by atoms with van der Waals surface area (Å²) in [4.78, 5) is 36.6. The van der Waals surface area contributed by atoms with Crippen LogP contribution in [0, 0.1) is 0 Å². The highest BCUT2D eigenvalue weighted by molar-refractivity contribution is 5.96. The molecule has 10 nitrogen and oxygen atoms in total. The normalized spacial score (nSPS) is 14.8. The summed E-state index contributed by atoms with van der Waals surface area (Å²) in [6.45, 7) is 0.0903. The summed E-state index contributed by atoms with van der Waals surface area (Å²) in [5, 5.41) is 2.33. The highest BCUT2D eigenvalue weighted by atomic mass is 19.4. The predicted octanol–water partition coefficient (Wildman–Crippen LogP) is 0.465. The van der Waals surface area contributed by atoms with Crippen molar-refractivity contribution in [2.24, 2.45) is 0 Å². The van der Waals surface area contributed by atoms with Crippen LogP contribution in [0.15, 0.2) is 17.1 Å². The van der Waals surface area contributed by atoms with Crippen LogP contribution >= 0.6 is 0 Å². The smallest absolute Gasteiger partial charge is 0.410 e. The van der Waals surface area contributed by atoms with Gasteiger partial charge in [-0.2, -0.15) is 13.2 Å². The van der Waals surface area contributed by atoms with Crippen molar-refractivity contribution in [3.05, 3.63) is 28.2 Å². The van der Waals surface area contributed by atoms with E-state index in [0.717, 1.165) is 17.7 Å². The molecule has 0 saturated heterocycles. The zero-order valence-corrected chi connectivity index (χ0v) is 15.0. The van der Waals surface area contributed by atoms with Crippen molar-refractivity contribution in [1.82, 2.24) is 14.9 Å². The van der Waals surface area contributed by atoms with Gasteiger partial charge in [-0.15, -0.1) is 0 Å². The molecule has 0 spiro atoms. The first-order valence-electron chi connectivity index (χ1n) is 8.06. The van der Waals surface area contributed by atoms with Gasteiger partial charge in [-0.05, 0) is 6.92 Å². The van der Waals surface area contributed by atoms with Crippen molar-refractivity contribution < 1.29 is 37.0 Å². The Hall–Kier alpha value is -2.96. The number of hydrogen-bond acceptors (Lipinski definition) is 7. The maximum Gasteiger partial charge on any atom is 0.410 e. The number of nitrogens with one attached hydrogen (secondary N) is 2. The van der Waals surface area contributed by atoms with Gasteiger partial charge in [0.15, 0.2) is 5.69 Å². The SMILES string of the molecule is COCCNC(=O)OCOc1c2n(ccc1=O)NCN(C(C)C(F)(F)F)C2=O. The third kappa shape index (κ3) is 4.85. The molecule has 2 heterocycles. The van der Waals surface area contributed by atoms with Crippen LogP contribution in [0.4, 0.5) is 18.0 Å². The van der Waals surface area contributed by atoms with Crippen molar-refractivity contribution in [1.29, 1.82) is 0 Å². The topological polar surface area (TPSA) is 111 Å². The zero-order chi connectivity index (χ0) is 20.9. The molecule has 156 valence electrons. The van der Waals surface area contributed by atoms with E-state index >= 15 is 0 Å². The Morgan fingerprint density at radius 2 is 2.11 bits per heavy atom. The number of ether oxygens (including phenoxy) is 3. The number of carbonyl (C=O) groups excluding carboxylic acids is 2. The first kappa shape index (κ1) is 21.3. The van der Waals surface area contributed by atoms with Crippen molar-refractivity contribution >= 4 is 12.0 Å². The molecule has 0 bridgehead atoms. The van der Waals surface area contributed by atoms with Crippen molar-refractivity contribution in [2.75, 3.05) is 39.1 Å². The van der Waals surface area contributed by atoms with Gasteiger partial charge in [0, 0.05) is 25.9 Å². The molecular weight excluding hydrogens is 389 g/mol. The van der Waals surface area contributed by atoms with Gasteiger partial charge < -0.3 is 29.9 Å². The Labute approximate surface area is 157 Å². The second-order valence-electron chi connectivity index (χ2n) is 5.65. The van der Waals surface area contributed by atoms with Crippen LogP contribution in [0.25, 0.3) is 0 Å². The molecule has 2 amide bonds. The fourth-order valence-corrected chi connectivity index (χ4v) is 2.29. The summed E-state index contributed by atoms with van der Waals surface area (Å²) >= 11 is 0. The van der Waals surface area contributed by atoms with Crippen LogP contribution in [0.1, 0.15) is 17.4 Å². The Balaban J connectivity index is 2.14. The Kier molecular flexibility index (Phi) is 6.72. The summed E-state index contributed by atoms with van der Waals surface area (Å²) in [6, 6.07) is -1.03. The Morgan fingerprint density at radius 1 is 1.39 bits per heavy atom. The Bertz CT molecular complexity index is 782. The number of hydrogen-bond donors (Lipinski definition) is 2. The minimum atomic E-state index is -4.65. The lowest BCUT2D eigenvalue weighted by molar-refractivity contribution is -0.172. The number of nitrogens with zero attached hydrogens (tertiary/aromatic N) is 2. The number of alkyl halides is 3. The largest absolute Gasteiger partial charge is 0.451 e. The number of aromatic nitrogens is 1. The summed E-state index contributed by atoms with van der Waals surface area (Å²) in [5.41, 5.74) is 1.38.